The van der Waals surface area contributed by atoms with Gasteiger partial charge in [0, 0.05) is 6.54 Å². The maximum Gasteiger partial charge on any atom is 0.407 e. The number of benzene rings is 2. The Bertz CT molecular complexity index is 1070. The molecule has 0 radical (unpaired) electrons. The number of unbranched alkanes of at least 4 members (excludes halogenated alkanes) is 22. The summed E-state index contributed by atoms with van der Waals surface area (Å²) in [5, 5.41) is 6.96. The van der Waals surface area contributed by atoms with Crippen LogP contribution in [-0.4, -0.2) is 45.0 Å². The molecule has 2 aromatic rings. The molecule has 0 aliphatic heterocycles. The second kappa shape index (κ2) is 33.8. The molecule has 0 fully saturated rings. The molecule has 2 rings (SSSR count). The summed E-state index contributed by atoms with van der Waals surface area (Å²) < 4.78 is 5.25. The Morgan fingerprint density at radius 2 is 0.925 bits per heavy atom. The van der Waals surface area contributed by atoms with Gasteiger partial charge in [0.25, 0.3) is 0 Å². The molecule has 0 spiro atoms. The van der Waals surface area contributed by atoms with Gasteiger partial charge in [-0.05, 0) is 44.0 Å². The van der Waals surface area contributed by atoms with Crippen molar-refractivity contribution < 1.29 is 19.2 Å². The van der Waals surface area contributed by atoms with E-state index in [4.69, 9.17) is 14.4 Å². The molecule has 0 aliphatic carbocycles. The Labute approximate surface area is 325 Å². The largest absolute Gasteiger partial charge is 0.450 e. The van der Waals surface area contributed by atoms with Gasteiger partial charge in [-0.2, -0.15) is 0 Å². The van der Waals surface area contributed by atoms with E-state index in [1.807, 2.05) is 53.4 Å². The van der Waals surface area contributed by atoms with Crippen LogP contribution in [0.15, 0.2) is 60.7 Å². The third-order valence-corrected chi connectivity index (χ3v) is 9.99. The molecule has 7 nitrogen and oxygen atoms in total. The van der Waals surface area contributed by atoms with E-state index in [0.717, 1.165) is 30.6 Å². The number of carbonyl (C=O) groups excluding carboxylic acids is 1. The molecule has 0 saturated carbocycles. The average molecular weight is 738 g/mol. The Kier molecular flexibility index (Phi) is 29.6. The number of nitrogens with zero attached hydrogens (tertiary/aromatic N) is 2. The fourth-order valence-electron chi connectivity index (χ4n) is 6.81. The van der Waals surface area contributed by atoms with Crippen LogP contribution < -0.4 is 15.4 Å². The minimum absolute atomic E-state index is 0.235. The van der Waals surface area contributed by atoms with E-state index in [0.29, 0.717) is 32.9 Å². The van der Waals surface area contributed by atoms with Gasteiger partial charge in [0.05, 0.1) is 43.8 Å². The predicted octanol–water partition coefficient (Wildman–Crippen LogP) is 13.4. The highest BCUT2D eigenvalue weighted by molar-refractivity contribution is 5.67. The standard InChI is InChI=1S/C46H79N3O4/c1-4-7-9-11-13-15-17-19-21-23-25-33-39-52-48(43-35-29-27-30-36-43)42-45(41-47-46(50)51-6-3)49(44-37-31-28-32-38-44)53-40-34-26-24-22-20-18-16-14-12-10-8-5-2/h27-32,35-38,45H,4-26,33-34,39-42H2,1-3H3,(H,47,50). The predicted molar refractivity (Wildman–Crippen MR) is 226 cm³/mol. The van der Waals surface area contributed by atoms with Crippen LogP contribution in [-0.2, 0) is 14.4 Å². The molecule has 302 valence electrons. The molecule has 1 atom stereocenters. The monoisotopic (exact) mass is 738 g/mol. The van der Waals surface area contributed by atoms with Crippen LogP contribution in [0.4, 0.5) is 16.2 Å². The van der Waals surface area contributed by atoms with E-state index in [1.54, 1.807) is 0 Å². The van der Waals surface area contributed by atoms with E-state index >= 15 is 0 Å². The molecule has 0 bridgehead atoms. The molecule has 0 saturated heterocycles. The molecule has 53 heavy (non-hydrogen) atoms. The first-order chi connectivity index (χ1) is 26.2. The van der Waals surface area contributed by atoms with Crippen LogP contribution in [0.3, 0.4) is 0 Å². The summed E-state index contributed by atoms with van der Waals surface area (Å²) in [7, 11) is 0. The molecule has 1 N–H and O–H groups in total. The summed E-state index contributed by atoms with van der Waals surface area (Å²) in [6, 6.07) is 20.3. The van der Waals surface area contributed by atoms with Crippen LogP contribution in [0.25, 0.3) is 0 Å². The molecule has 0 aromatic heterocycles. The van der Waals surface area contributed by atoms with Gasteiger partial charge in [-0.1, -0.05) is 192 Å². The Hall–Kier alpha value is -2.77. The fraction of sp³-hybridized carbons (Fsp3) is 0.717. The van der Waals surface area contributed by atoms with Crippen LogP contribution in [0.1, 0.15) is 175 Å². The lowest BCUT2D eigenvalue weighted by atomic mass is 10.1. The summed E-state index contributed by atoms with van der Waals surface area (Å²) >= 11 is 0. The lowest BCUT2D eigenvalue weighted by Gasteiger charge is -2.36. The average Bonchev–Trinajstić information content (AvgIpc) is 3.18. The topological polar surface area (TPSA) is 63.3 Å². The van der Waals surface area contributed by atoms with Gasteiger partial charge >= 0.3 is 6.09 Å². The number of hydrogen-bond donors (Lipinski definition) is 1. The Morgan fingerprint density at radius 1 is 0.528 bits per heavy atom. The van der Waals surface area contributed by atoms with Gasteiger partial charge in [0.1, 0.15) is 0 Å². The second-order valence-corrected chi connectivity index (χ2v) is 14.8. The molecule has 1 amide bonds. The molecule has 2 aromatic carbocycles. The van der Waals surface area contributed by atoms with Gasteiger partial charge < -0.3 is 10.1 Å². The third kappa shape index (κ3) is 24.3. The SMILES string of the molecule is CCCCCCCCCCCCCCON(CC(CNC(=O)OCC)N(OCCCCCCCCCCCCCC)c1ccccc1)c1ccccc1. The summed E-state index contributed by atoms with van der Waals surface area (Å²) in [6.07, 6.45) is 31.0. The van der Waals surface area contributed by atoms with Gasteiger partial charge in [0.2, 0.25) is 0 Å². The number of rotatable bonds is 36. The Morgan fingerprint density at radius 3 is 1.36 bits per heavy atom. The van der Waals surface area contributed by atoms with Gasteiger partial charge in [-0.15, -0.1) is 0 Å². The van der Waals surface area contributed by atoms with Crippen LogP contribution in [0.5, 0.6) is 0 Å². The van der Waals surface area contributed by atoms with E-state index in [1.165, 1.54) is 135 Å². The number of carbonyl (C=O) groups is 1. The third-order valence-electron chi connectivity index (χ3n) is 9.99. The first kappa shape index (κ1) is 46.4. The highest BCUT2D eigenvalue weighted by atomic mass is 16.7. The normalized spacial score (nSPS) is 11.8. The fourth-order valence-corrected chi connectivity index (χ4v) is 6.81. The summed E-state index contributed by atoms with van der Waals surface area (Å²) in [5.41, 5.74) is 1.94. The van der Waals surface area contributed by atoms with E-state index < -0.39 is 6.09 Å². The maximum absolute atomic E-state index is 12.5. The van der Waals surface area contributed by atoms with Crippen molar-refractivity contribution in [1.29, 1.82) is 0 Å². The maximum atomic E-state index is 12.5. The number of para-hydroxylation sites is 2. The smallest absolute Gasteiger partial charge is 0.407 e. The second-order valence-electron chi connectivity index (χ2n) is 14.8. The zero-order valence-corrected chi connectivity index (χ0v) is 34.4. The molecule has 0 heterocycles. The van der Waals surface area contributed by atoms with Crippen molar-refractivity contribution >= 4 is 17.5 Å². The number of nitrogens with one attached hydrogen (secondary N) is 1. The van der Waals surface area contributed by atoms with Crippen LogP contribution in [0, 0.1) is 0 Å². The van der Waals surface area contributed by atoms with E-state index in [9.17, 15) is 4.79 Å². The van der Waals surface area contributed by atoms with Crippen molar-refractivity contribution in [3.05, 3.63) is 60.7 Å². The quantitative estimate of drug-likeness (QED) is 0.0555. The number of alkyl carbamates (subject to hydrolysis) is 1. The van der Waals surface area contributed by atoms with Crippen molar-refractivity contribution in [2.24, 2.45) is 0 Å². The van der Waals surface area contributed by atoms with E-state index in [-0.39, 0.29) is 6.04 Å². The number of anilines is 2. The van der Waals surface area contributed by atoms with Gasteiger partial charge in [0.15, 0.2) is 0 Å². The summed E-state index contributed by atoms with van der Waals surface area (Å²) in [5.74, 6) is 0. The lowest BCUT2D eigenvalue weighted by Crippen LogP contribution is -2.51. The molecular weight excluding hydrogens is 659 g/mol. The molecule has 7 heteroatoms. The van der Waals surface area contributed by atoms with Crippen molar-refractivity contribution in [3.63, 3.8) is 0 Å². The van der Waals surface area contributed by atoms with Crippen molar-refractivity contribution in [2.75, 3.05) is 43.0 Å². The van der Waals surface area contributed by atoms with Gasteiger partial charge in [-0.25, -0.2) is 9.86 Å². The first-order valence-corrected chi connectivity index (χ1v) is 22.0. The minimum atomic E-state index is -0.421. The minimum Gasteiger partial charge on any atom is -0.450 e. The summed E-state index contributed by atoms with van der Waals surface area (Å²) in [6.45, 7) is 8.83. The molecular formula is C46H79N3O4. The zero-order valence-electron chi connectivity index (χ0n) is 34.4. The van der Waals surface area contributed by atoms with Crippen molar-refractivity contribution in [3.8, 4) is 0 Å². The number of hydroxylamine groups is 2. The van der Waals surface area contributed by atoms with Crippen LogP contribution >= 0.6 is 0 Å². The van der Waals surface area contributed by atoms with Crippen molar-refractivity contribution in [1.82, 2.24) is 5.32 Å². The molecule has 1 unspecified atom stereocenters. The van der Waals surface area contributed by atoms with Crippen LogP contribution in [0.2, 0.25) is 0 Å². The number of amides is 1. The van der Waals surface area contributed by atoms with E-state index in [2.05, 4.69) is 43.4 Å². The highest BCUT2D eigenvalue weighted by Gasteiger charge is 2.25. The number of hydrogen-bond acceptors (Lipinski definition) is 6. The lowest BCUT2D eigenvalue weighted by molar-refractivity contribution is 0.0602. The zero-order chi connectivity index (χ0) is 37.9. The number of ether oxygens (including phenoxy) is 1. The first-order valence-electron chi connectivity index (χ1n) is 22.0. The summed E-state index contributed by atoms with van der Waals surface area (Å²) in [4.78, 5) is 25.6. The Balaban J connectivity index is 1.94. The van der Waals surface area contributed by atoms with Gasteiger partial charge in [-0.3, -0.25) is 14.7 Å². The van der Waals surface area contributed by atoms with Crippen molar-refractivity contribution in [2.45, 2.75) is 181 Å². The highest BCUT2D eigenvalue weighted by Crippen LogP contribution is 2.22. The molecule has 0 aliphatic rings.